The van der Waals surface area contributed by atoms with Crippen molar-refractivity contribution >= 4 is 46.1 Å². The van der Waals surface area contributed by atoms with Gasteiger partial charge in [-0.15, -0.1) is 0 Å². The molecule has 2 unspecified atom stereocenters. The highest BCUT2D eigenvalue weighted by Crippen LogP contribution is 2.41. The van der Waals surface area contributed by atoms with Crippen LogP contribution in [0.3, 0.4) is 0 Å². The van der Waals surface area contributed by atoms with E-state index in [2.05, 4.69) is 5.10 Å². The van der Waals surface area contributed by atoms with E-state index >= 15 is 0 Å². The van der Waals surface area contributed by atoms with Gasteiger partial charge in [-0.1, -0.05) is 35.3 Å². The van der Waals surface area contributed by atoms with Gasteiger partial charge in [-0.05, 0) is 93.8 Å². The lowest BCUT2D eigenvalue weighted by atomic mass is 9.91. The van der Waals surface area contributed by atoms with Crippen molar-refractivity contribution in [2.45, 2.75) is 70.0 Å². The number of hydrogen-bond acceptors (Lipinski definition) is 5. The highest BCUT2D eigenvalue weighted by atomic mass is 35.5. The molecule has 1 fully saturated rings. The minimum Gasteiger partial charge on any atom is -0.456 e. The zero-order chi connectivity index (χ0) is 31.3. The highest BCUT2D eigenvalue weighted by Gasteiger charge is 2.44. The van der Waals surface area contributed by atoms with Crippen molar-refractivity contribution < 1.29 is 31.7 Å². The second kappa shape index (κ2) is 11.9. The van der Waals surface area contributed by atoms with Gasteiger partial charge in [-0.25, -0.2) is 9.00 Å². The Balaban J connectivity index is 1.30. The number of rotatable bonds is 6. The number of likely N-dealkylation sites (tertiary alicyclic amines) is 1. The average molecular weight is 657 g/mol. The summed E-state index contributed by atoms with van der Waals surface area (Å²) in [5.41, 5.74) is -2.18. The van der Waals surface area contributed by atoms with Gasteiger partial charge < -0.3 is 9.64 Å². The van der Waals surface area contributed by atoms with Crippen molar-refractivity contribution in [2.75, 3.05) is 6.54 Å². The summed E-state index contributed by atoms with van der Waals surface area (Å²) in [6.07, 6.45) is 3.58. The van der Waals surface area contributed by atoms with Crippen LogP contribution in [-0.4, -0.2) is 47.8 Å². The lowest BCUT2D eigenvalue weighted by Crippen LogP contribution is -2.34. The molecular weight excluding hydrogens is 626 g/mol. The number of ether oxygens (including phenoxy) is 1. The average Bonchev–Trinajstić information content (AvgIpc) is 3.52. The number of halogens is 5. The number of hydrogen-bond donors (Lipinski definition) is 0. The number of amides is 1. The Kier molecular flexibility index (Phi) is 8.72. The molecule has 0 radical (unpaired) electrons. The van der Waals surface area contributed by atoms with E-state index in [1.807, 2.05) is 0 Å². The summed E-state index contributed by atoms with van der Waals surface area (Å²) in [6.45, 7) is 5.83. The van der Waals surface area contributed by atoms with Crippen LogP contribution in [0.4, 0.5) is 13.2 Å². The van der Waals surface area contributed by atoms with E-state index in [0.717, 1.165) is 11.1 Å². The molecule has 0 N–H and O–H groups in total. The number of fused-ring (bicyclic) bond motifs is 1. The molecule has 5 rings (SSSR count). The van der Waals surface area contributed by atoms with E-state index in [1.54, 1.807) is 62.1 Å². The van der Waals surface area contributed by atoms with Crippen molar-refractivity contribution in [2.24, 2.45) is 5.92 Å². The normalized spacial score (nSPS) is 19.8. The first-order valence-corrected chi connectivity index (χ1v) is 15.7. The molecule has 230 valence electrons. The first-order chi connectivity index (χ1) is 20.1. The van der Waals surface area contributed by atoms with Crippen LogP contribution in [0.25, 0.3) is 11.1 Å². The van der Waals surface area contributed by atoms with Crippen LogP contribution < -0.4 is 0 Å². The number of nitrogens with zero attached hydrogens (tertiary/aromatic N) is 3. The monoisotopic (exact) mass is 655 g/mol. The third-order valence-corrected chi connectivity index (χ3v) is 9.34. The second-order valence-corrected chi connectivity index (χ2v) is 13.9. The van der Waals surface area contributed by atoms with Crippen LogP contribution in [0.5, 0.6) is 0 Å². The number of benzene rings is 2. The van der Waals surface area contributed by atoms with Gasteiger partial charge in [0.1, 0.15) is 5.60 Å². The maximum atomic E-state index is 13.5. The Morgan fingerprint density at radius 3 is 2.33 bits per heavy atom. The van der Waals surface area contributed by atoms with Crippen LogP contribution >= 0.6 is 23.2 Å². The Labute approximate surface area is 259 Å². The van der Waals surface area contributed by atoms with Crippen LogP contribution in [0, 0.1) is 5.92 Å². The van der Waals surface area contributed by atoms with Gasteiger partial charge in [-0.3, -0.25) is 4.79 Å². The number of aromatic nitrogens is 2. The Morgan fingerprint density at radius 1 is 1.07 bits per heavy atom. The molecule has 3 aromatic rings. The number of carbonyl (C=O) groups is 2. The molecule has 1 aliphatic carbocycles. The molecule has 2 aromatic carbocycles. The molecule has 0 saturated carbocycles. The first kappa shape index (κ1) is 31.5. The lowest BCUT2D eigenvalue weighted by molar-refractivity contribution is -0.133. The molecule has 43 heavy (non-hydrogen) atoms. The maximum Gasteiger partial charge on any atom is 0.492 e. The predicted molar refractivity (Wildman–Crippen MR) is 158 cm³/mol. The minimum absolute atomic E-state index is 0.128. The zero-order valence-electron chi connectivity index (χ0n) is 23.7. The third kappa shape index (κ3) is 6.63. The van der Waals surface area contributed by atoms with Crippen molar-refractivity contribution in [3.8, 4) is 11.1 Å². The van der Waals surface area contributed by atoms with Gasteiger partial charge in [0.2, 0.25) is 16.9 Å². The zero-order valence-corrected chi connectivity index (χ0v) is 26.0. The molecule has 0 bridgehead atoms. The van der Waals surface area contributed by atoms with Crippen LogP contribution in [0.1, 0.15) is 73.3 Å². The summed E-state index contributed by atoms with van der Waals surface area (Å²) in [5.74, 6) is -0.953. The van der Waals surface area contributed by atoms with E-state index in [1.165, 1.54) is 6.20 Å². The van der Waals surface area contributed by atoms with E-state index < -0.39 is 40.0 Å². The second-order valence-electron chi connectivity index (χ2n) is 11.7. The van der Waals surface area contributed by atoms with Gasteiger partial charge in [0.25, 0.3) is 0 Å². The van der Waals surface area contributed by atoms with Crippen molar-refractivity contribution in [1.82, 2.24) is 14.1 Å². The van der Waals surface area contributed by atoms with Crippen LogP contribution in [0.2, 0.25) is 10.0 Å². The molecule has 1 aliphatic heterocycles. The molecular formula is C30H30Cl2F3N3O4S. The van der Waals surface area contributed by atoms with Gasteiger partial charge in [0.15, 0.2) is 0 Å². The third-order valence-electron chi connectivity index (χ3n) is 7.64. The molecule has 3 atom stereocenters. The molecule has 1 aromatic heterocycles. The van der Waals surface area contributed by atoms with Crippen molar-refractivity contribution in [1.29, 1.82) is 0 Å². The topological polar surface area (TPSA) is 81.5 Å². The summed E-state index contributed by atoms with van der Waals surface area (Å²) in [7, 11) is -3.29. The molecule has 13 heteroatoms. The Bertz CT molecular complexity index is 1560. The van der Waals surface area contributed by atoms with Gasteiger partial charge in [0, 0.05) is 28.1 Å². The lowest BCUT2D eigenvalue weighted by Gasteiger charge is -2.31. The number of alkyl halides is 3. The van der Waals surface area contributed by atoms with E-state index in [9.17, 15) is 27.0 Å². The summed E-state index contributed by atoms with van der Waals surface area (Å²) in [5, 5.41) is 4.59. The summed E-state index contributed by atoms with van der Waals surface area (Å²) >= 11 is 13.3. The smallest absolute Gasteiger partial charge is 0.456 e. The molecule has 0 spiro atoms. The molecule has 2 heterocycles. The molecule has 7 nitrogen and oxygen atoms in total. The molecule has 1 saturated heterocycles. The van der Waals surface area contributed by atoms with Gasteiger partial charge in [-0.2, -0.15) is 22.4 Å². The quantitative estimate of drug-likeness (QED) is 0.260. The van der Waals surface area contributed by atoms with Gasteiger partial charge >= 0.3 is 11.5 Å². The Hall–Kier alpha value is -2.89. The van der Waals surface area contributed by atoms with E-state index in [-0.39, 0.29) is 11.6 Å². The summed E-state index contributed by atoms with van der Waals surface area (Å²) in [6, 6.07) is 10.0. The highest BCUT2D eigenvalue weighted by molar-refractivity contribution is 7.84. The molecule has 2 aliphatic rings. The minimum atomic E-state index is -4.93. The van der Waals surface area contributed by atoms with E-state index in [0.29, 0.717) is 69.5 Å². The predicted octanol–water partition coefficient (Wildman–Crippen LogP) is 7.31. The SMILES string of the molecule is CC(C)(C)OC(=O)c1ccc(-c2cc(Cl)c(C[C@@H]3CCN(C4CCCc5c4cnn5S(=O)C(F)(F)F)C3=O)c(Cl)c2)cc1. The van der Waals surface area contributed by atoms with E-state index in [4.69, 9.17) is 27.9 Å². The standard InChI is InChI=1S/C30H30Cl2F3N3O4S/c1-29(2,3)42-28(40)18-9-7-17(8-10-18)20-14-23(31)21(24(32)15-20)13-19-11-12-37(27(19)39)25-5-4-6-26-22(25)16-36-38(26)43(41)30(33,34)35/h7-10,14-16,19,25H,4-6,11-13H2,1-3H3/t19-,25?,43?/m0/s1. The fourth-order valence-electron chi connectivity index (χ4n) is 5.68. The van der Waals surface area contributed by atoms with Crippen molar-refractivity contribution in [3.05, 3.63) is 75.0 Å². The Morgan fingerprint density at radius 2 is 1.72 bits per heavy atom. The summed E-state index contributed by atoms with van der Waals surface area (Å²) < 4.78 is 57.3. The van der Waals surface area contributed by atoms with Crippen molar-refractivity contribution in [3.63, 3.8) is 0 Å². The van der Waals surface area contributed by atoms with Crippen LogP contribution in [-0.2, 0) is 33.4 Å². The largest absolute Gasteiger partial charge is 0.492 e. The number of carbonyl (C=O) groups excluding carboxylic acids is 2. The maximum absolute atomic E-state index is 13.5. The van der Waals surface area contributed by atoms with Gasteiger partial charge in [0.05, 0.1) is 23.5 Å². The molecule has 1 amide bonds. The summed E-state index contributed by atoms with van der Waals surface area (Å²) in [4.78, 5) is 27.6. The van der Waals surface area contributed by atoms with Crippen LogP contribution in [0.15, 0.2) is 42.6 Å². The first-order valence-electron chi connectivity index (χ1n) is 13.8. The fourth-order valence-corrected chi connectivity index (χ4v) is 7.05. The fraction of sp³-hybridized carbons (Fsp3) is 0.433. The number of esters is 1.